The Bertz CT molecular complexity index is 2730. The molecular weight excluding hydrogens is 1080 g/mol. The molecule has 0 radical (unpaired) electrons. The number of cyclic esters (lactones) is 1. The first-order valence-corrected chi connectivity index (χ1v) is 28.8. The van der Waals surface area contributed by atoms with Crippen molar-refractivity contribution in [2.75, 3.05) is 51.9 Å². The van der Waals surface area contributed by atoms with Crippen LogP contribution in [0.5, 0.6) is 0 Å². The van der Waals surface area contributed by atoms with E-state index in [4.69, 9.17) is 42.1 Å². The molecule has 0 unspecified atom stereocenters. The average Bonchev–Trinajstić information content (AvgIpc) is 3.79. The first-order chi connectivity index (χ1) is 37.4. The zero-order valence-corrected chi connectivity index (χ0v) is 49.0. The highest BCUT2D eigenvalue weighted by molar-refractivity contribution is 7.86. The number of oxime groups is 1. The van der Waals surface area contributed by atoms with E-state index in [1.54, 1.807) is 62.3 Å². The number of carboxylic acid groups (broad SMARTS) is 1. The number of aromatic carboxylic acids is 1. The Morgan fingerprint density at radius 1 is 0.988 bits per heavy atom. The molecule has 4 aliphatic heterocycles. The second-order valence-corrected chi connectivity index (χ2v) is 24.4. The van der Waals surface area contributed by atoms with Crippen LogP contribution in [0, 0.1) is 29.5 Å². The molecule has 18 atom stereocenters. The number of aromatic nitrogens is 2. The third kappa shape index (κ3) is 13.9. The third-order valence-corrected chi connectivity index (χ3v) is 17.5. The zero-order valence-electron chi connectivity index (χ0n) is 48.2. The van der Waals surface area contributed by atoms with E-state index in [0.29, 0.717) is 6.42 Å². The molecule has 0 aliphatic carbocycles. The highest BCUT2D eigenvalue weighted by atomic mass is 32.2. The molecule has 4 aliphatic rings. The number of carbonyl (C=O) groups excluding carboxylic acids is 2. The van der Waals surface area contributed by atoms with Crippen LogP contribution in [0.2, 0.25) is 0 Å². The lowest BCUT2D eigenvalue weighted by atomic mass is 9.73. The number of aryl methyl sites for hydroxylation is 1. The largest absolute Gasteiger partial charge is 0.509 e. The number of hydrogen-bond donors (Lipinski definition) is 6. The number of likely N-dealkylation sites (N-methyl/N-ethyl adjacent to an activating group) is 1. The van der Waals surface area contributed by atoms with Crippen LogP contribution >= 0.6 is 0 Å². The van der Waals surface area contributed by atoms with Gasteiger partial charge in [0, 0.05) is 69.7 Å². The van der Waals surface area contributed by atoms with Gasteiger partial charge in [-0.05, 0) is 87.9 Å². The van der Waals surface area contributed by atoms with Crippen molar-refractivity contribution in [1.82, 2.24) is 19.8 Å². The summed E-state index contributed by atoms with van der Waals surface area (Å²) in [5, 5.41) is 53.9. The summed E-state index contributed by atoms with van der Waals surface area (Å²) >= 11 is 0. The van der Waals surface area contributed by atoms with Crippen molar-refractivity contribution >= 4 is 50.8 Å². The SMILES string of the molecule is CC[C@H]1OC(=O)[C@H](C)[C@@H](O[C@H]2C[C@@](C)(OC)[C@@H](OS(=O)(=O)CCNCCNc3nc4c(cc3F)c(=O)c(C(=O)O)cn4CC)[C@H](C)O2)[C@H](C)[C@@H](O[C@@H]2O[C@H](C)C[C@H](N(C)C)[C@H]2O)[C@](C)(O)C[C@@H](C)/C(=N\O)[C@H](C)[C@H]2OC(=O)O[C@@]21C. The Kier molecular flexibility index (Phi) is 20.8. The van der Waals surface area contributed by atoms with Crippen LogP contribution in [0.1, 0.15) is 112 Å². The van der Waals surface area contributed by atoms with Gasteiger partial charge in [-0.3, -0.25) is 13.8 Å². The number of ether oxygens (including phenoxy) is 8. The van der Waals surface area contributed by atoms with Crippen molar-refractivity contribution in [2.24, 2.45) is 28.8 Å². The summed E-state index contributed by atoms with van der Waals surface area (Å²) < 4.78 is 99.7. The summed E-state index contributed by atoms with van der Waals surface area (Å²) in [7, 11) is 0.703. The van der Waals surface area contributed by atoms with Gasteiger partial charge in [0.1, 0.15) is 29.5 Å². The quantitative estimate of drug-likeness (QED) is 0.0406. The predicted molar refractivity (Wildman–Crippen MR) is 286 cm³/mol. The minimum Gasteiger partial charge on any atom is -0.477 e. The molecule has 2 aromatic rings. The summed E-state index contributed by atoms with van der Waals surface area (Å²) in [6.07, 6.45) is -10.7. The van der Waals surface area contributed by atoms with E-state index < -0.39 is 153 Å². The van der Waals surface area contributed by atoms with Gasteiger partial charge >= 0.3 is 18.1 Å². The minimum atomic E-state index is -4.31. The van der Waals surface area contributed by atoms with Crippen molar-refractivity contribution in [3.05, 3.63) is 33.9 Å². The number of esters is 1. The lowest BCUT2D eigenvalue weighted by molar-refractivity contribution is -0.316. The molecule has 6 N–H and O–H groups in total. The molecule has 80 heavy (non-hydrogen) atoms. The Labute approximate surface area is 466 Å². The number of pyridine rings is 2. The summed E-state index contributed by atoms with van der Waals surface area (Å²) in [4.78, 5) is 58.1. The normalized spacial score (nSPS) is 37.2. The number of fused-ring (bicyclic) bond motifs is 2. The first-order valence-electron chi connectivity index (χ1n) is 27.3. The maximum Gasteiger partial charge on any atom is 0.509 e. The second-order valence-electron chi connectivity index (χ2n) is 22.7. The van der Waals surface area contributed by atoms with Gasteiger partial charge in [-0.1, -0.05) is 32.9 Å². The molecule has 452 valence electrons. The van der Waals surface area contributed by atoms with Crippen LogP contribution in [0.4, 0.5) is 15.0 Å². The van der Waals surface area contributed by atoms with E-state index in [-0.39, 0.29) is 74.1 Å². The summed E-state index contributed by atoms with van der Waals surface area (Å²) in [6, 6.07) is 0.516. The van der Waals surface area contributed by atoms with E-state index >= 15 is 4.39 Å². The molecular formula is C53H83FN6O19S. The fraction of sp³-hybridized carbons (Fsp3) is 0.774. The van der Waals surface area contributed by atoms with Crippen LogP contribution in [0.3, 0.4) is 0 Å². The molecule has 25 nitrogen and oxygen atoms in total. The van der Waals surface area contributed by atoms with Crippen LogP contribution in [-0.2, 0) is 63.5 Å². The van der Waals surface area contributed by atoms with Crippen molar-refractivity contribution < 1.29 is 89.8 Å². The third-order valence-electron chi connectivity index (χ3n) is 16.3. The number of halogens is 1. The fourth-order valence-electron chi connectivity index (χ4n) is 12.0. The number of aliphatic hydroxyl groups is 2. The van der Waals surface area contributed by atoms with Gasteiger partial charge < -0.3 is 78.5 Å². The molecule has 0 aromatic carbocycles. The van der Waals surface area contributed by atoms with Crippen molar-refractivity contribution in [2.45, 2.75) is 193 Å². The molecule has 4 fully saturated rings. The number of nitrogens with one attached hydrogen (secondary N) is 2. The Morgan fingerprint density at radius 2 is 1.68 bits per heavy atom. The van der Waals surface area contributed by atoms with Crippen molar-refractivity contribution in [3.63, 3.8) is 0 Å². The molecule has 0 saturated carbocycles. The lowest BCUT2D eigenvalue weighted by Crippen LogP contribution is -2.61. The standard InChI is InChI=1S/C53H83FN6O19S/c1-15-36-53(11)43(77-50(66)78-53)28(5)38(58-68)26(3)23-51(9,67)42(76-49-40(62)35(59(12)13)21-27(4)72-49)29(6)41(30(7)48(65)74-36)75-37-24-52(10,71-14)44(31(8)73-37)79-80(69,70)20-19-55-17-18-56-45-34(54)22-32-39(61)33(47(63)64)25-60(16-2)46(32)57-45/h22,25-31,35-37,40-44,49,55,62,67-68H,15-21,23-24H2,1-14H3,(H,56,57)(H,63,64)/b58-38+/t26-,27-,28+,29+,30-,31+,35+,36-,37+,40-,41+,42-,43-,44+,49+,51-,52-,53-/m1/s1. The molecule has 0 bridgehead atoms. The van der Waals surface area contributed by atoms with Gasteiger partial charge in [-0.2, -0.15) is 8.42 Å². The maximum atomic E-state index is 15.1. The number of nitrogens with zero attached hydrogens (tertiary/aromatic N) is 4. The number of rotatable bonds is 18. The Balaban J connectivity index is 1.22. The number of anilines is 1. The second kappa shape index (κ2) is 25.9. The van der Waals surface area contributed by atoms with E-state index in [0.717, 1.165) is 12.3 Å². The summed E-state index contributed by atoms with van der Waals surface area (Å²) in [5.41, 5.74) is -6.02. The number of methoxy groups -OCH3 is 1. The molecule has 6 heterocycles. The van der Waals surface area contributed by atoms with Gasteiger partial charge in [0.2, 0.25) is 5.43 Å². The topological polar surface area (TPSA) is 324 Å². The molecule has 0 amide bonds. The predicted octanol–water partition coefficient (Wildman–Crippen LogP) is 3.85. The van der Waals surface area contributed by atoms with E-state index in [2.05, 4.69) is 20.8 Å². The van der Waals surface area contributed by atoms with E-state index in [9.17, 15) is 48.1 Å². The van der Waals surface area contributed by atoms with E-state index in [1.165, 1.54) is 18.6 Å². The van der Waals surface area contributed by atoms with Gasteiger partial charge in [0.05, 0.1) is 58.4 Å². The first kappa shape index (κ1) is 64.5. The van der Waals surface area contributed by atoms with Crippen LogP contribution in [0.15, 0.2) is 22.2 Å². The molecule has 0 spiro atoms. The van der Waals surface area contributed by atoms with Crippen LogP contribution in [-0.4, -0.2) is 198 Å². The minimum absolute atomic E-state index is 0.0740. The van der Waals surface area contributed by atoms with Gasteiger partial charge in [0.15, 0.2) is 35.9 Å². The van der Waals surface area contributed by atoms with Gasteiger partial charge in [-0.15, -0.1) is 0 Å². The molecule has 2 aromatic heterocycles. The highest BCUT2D eigenvalue weighted by Gasteiger charge is 2.59. The Morgan fingerprint density at radius 3 is 2.29 bits per heavy atom. The molecule has 4 saturated heterocycles. The average molecular weight is 1160 g/mol. The van der Waals surface area contributed by atoms with Crippen molar-refractivity contribution in [1.29, 1.82) is 0 Å². The van der Waals surface area contributed by atoms with Gasteiger partial charge in [-0.25, -0.2) is 19.0 Å². The summed E-state index contributed by atoms with van der Waals surface area (Å²) in [6.45, 7) is 18.6. The highest BCUT2D eigenvalue weighted by Crippen LogP contribution is 2.44. The number of aliphatic hydroxyl groups excluding tert-OH is 1. The number of hydrogen-bond acceptors (Lipinski definition) is 23. The fourth-order valence-corrected chi connectivity index (χ4v) is 13.2. The Hall–Kier alpha value is -4.68. The summed E-state index contributed by atoms with van der Waals surface area (Å²) in [5.74, 6) is -7.56. The maximum absolute atomic E-state index is 15.1. The van der Waals surface area contributed by atoms with E-state index in [1.807, 2.05) is 25.9 Å². The smallest absolute Gasteiger partial charge is 0.477 e. The monoisotopic (exact) mass is 1160 g/mol. The lowest BCUT2D eigenvalue weighted by Gasteiger charge is -2.49. The molecule has 27 heteroatoms. The zero-order chi connectivity index (χ0) is 59.6. The molecule has 6 rings (SSSR count). The van der Waals surface area contributed by atoms with Crippen molar-refractivity contribution in [3.8, 4) is 0 Å². The number of carbonyl (C=O) groups is 3. The van der Waals surface area contributed by atoms with Gasteiger partial charge in [0.25, 0.3) is 10.1 Å². The van der Waals surface area contributed by atoms with Crippen LogP contribution < -0.4 is 16.1 Å². The number of carboxylic acids is 1. The van der Waals surface area contributed by atoms with Crippen LogP contribution in [0.25, 0.3) is 11.0 Å².